The summed E-state index contributed by atoms with van der Waals surface area (Å²) in [5, 5.41) is 13.0. The molecule has 1 unspecified atom stereocenters. The molecule has 0 aliphatic heterocycles. The number of nitrogens with zero attached hydrogens (tertiary/aromatic N) is 2. The summed E-state index contributed by atoms with van der Waals surface area (Å²) < 4.78 is 7.55. The molecule has 0 saturated carbocycles. The average molecular weight is 925 g/mol. The Bertz CT molecular complexity index is 4240. The quantitative estimate of drug-likeness (QED) is 0.106. The molecular weight excluding hydrogens is 881 g/mol. The van der Waals surface area contributed by atoms with E-state index >= 15 is 0 Å². The summed E-state index contributed by atoms with van der Waals surface area (Å²) >= 11 is 1.88. The number of para-hydroxylation sites is 4. The second kappa shape index (κ2) is 16.3. The molecule has 2 nitrogen and oxygen atoms in total. The lowest BCUT2D eigenvalue weighted by Crippen LogP contribution is -2.74. The highest BCUT2D eigenvalue weighted by Crippen LogP contribution is 2.39. The molecule has 0 radical (unpaired) electrons. The van der Waals surface area contributed by atoms with Crippen LogP contribution in [0.25, 0.3) is 97.4 Å². The zero-order chi connectivity index (χ0) is 46.2. The van der Waals surface area contributed by atoms with Crippen molar-refractivity contribution in [2.75, 3.05) is 0 Å². The molecule has 1 atom stereocenters. The van der Waals surface area contributed by atoms with Crippen molar-refractivity contribution in [2.24, 2.45) is 0 Å². The molecular formula is C66H44N2SSi. The monoisotopic (exact) mass is 924 g/mol. The second-order valence-corrected chi connectivity index (χ2v) is 23.3. The first-order valence-electron chi connectivity index (χ1n) is 24.1. The predicted octanol–water partition coefficient (Wildman–Crippen LogP) is 15.0. The molecule has 0 bridgehead atoms. The summed E-state index contributed by atoms with van der Waals surface area (Å²) in [5.41, 5.74) is 11.9. The Morgan fingerprint density at radius 3 is 1.51 bits per heavy atom. The van der Waals surface area contributed by atoms with Crippen LogP contribution in [0.3, 0.4) is 0 Å². The van der Waals surface area contributed by atoms with Gasteiger partial charge in [0.2, 0.25) is 0 Å². The number of fused-ring (bicyclic) bond motifs is 9. The summed E-state index contributed by atoms with van der Waals surface area (Å²) in [7, 11) is -3.01. The van der Waals surface area contributed by atoms with Gasteiger partial charge in [0.25, 0.3) is 0 Å². The maximum absolute atomic E-state index is 3.01. The van der Waals surface area contributed by atoms with Gasteiger partial charge in [0, 0.05) is 53.0 Å². The van der Waals surface area contributed by atoms with Crippen LogP contribution in [0, 0.1) is 0 Å². The van der Waals surface area contributed by atoms with E-state index in [9.17, 15) is 0 Å². The molecule has 0 spiro atoms. The van der Waals surface area contributed by atoms with E-state index in [0.717, 1.165) is 11.4 Å². The first kappa shape index (κ1) is 40.5. The average Bonchev–Trinajstić information content (AvgIpc) is 4.09. The zero-order valence-electron chi connectivity index (χ0n) is 38.2. The lowest BCUT2D eigenvalue weighted by molar-refractivity contribution is 1.17. The molecule has 3 heterocycles. The van der Waals surface area contributed by atoms with Gasteiger partial charge in [0.05, 0.1) is 27.8 Å². The minimum atomic E-state index is -3.01. The van der Waals surface area contributed by atoms with Gasteiger partial charge in [-0.2, -0.15) is 0 Å². The molecule has 0 fully saturated rings. The molecule has 3 aromatic heterocycles. The van der Waals surface area contributed by atoms with E-state index in [1.165, 1.54) is 107 Å². The number of hydrogen-bond donors (Lipinski definition) is 0. The molecule has 11 aromatic carbocycles. The molecule has 0 aliphatic carbocycles. The molecule has 70 heavy (non-hydrogen) atoms. The smallest absolute Gasteiger partial charge is 0.179 e. The summed E-state index contributed by atoms with van der Waals surface area (Å²) in [6.07, 6.45) is 0. The van der Waals surface area contributed by atoms with Crippen molar-refractivity contribution < 1.29 is 0 Å². The van der Waals surface area contributed by atoms with E-state index in [-0.39, 0.29) is 0 Å². The molecule has 14 aromatic rings. The van der Waals surface area contributed by atoms with E-state index in [2.05, 4.69) is 276 Å². The first-order chi connectivity index (χ1) is 34.7. The van der Waals surface area contributed by atoms with Crippen LogP contribution >= 0.6 is 11.3 Å². The zero-order valence-corrected chi connectivity index (χ0v) is 40.0. The van der Waals surface area contributed by atoms with Crippen molar-refractivity contribution in [3.8, 4) is 33.6 Å². The van der Waals surface area contributed by atoms with Crippen LogP contribution in [0.1, 0.15) is 0 Å². The Morgan fingerprint density at radius 2 is 0.771 bits per heavy atom. The molecule has 14 rings (SSSR count). The van der Waals surface area contributed by atoms with E-state index in [1.54, 1.807) is 0 Å². The molecule has 0 saturated heterocycles. The van der Waals surface area contributed by atoms with Gasteiger partial charge < -0.3 is 9.13 Å². The van der Waals surface area contributed by atoms with E-state index in [1.807, 2.05) is 11.3 Å². The molecule has 0 aliphatic rings. The summed E-state index contributed by atoms with van der Waals surface area (Å²) in [6, 6.07) is 99.8. The maximum Gasteiger partial charge on any atom is 0.179 e. The van der Waals surface area contributed by atoms with Crippen molar-refractivity contribution in [3.63, 3.8) is 0 Å². The Kier molecular flexibility index (Phi) is 9.44. The topological polar surface area (TPSA) is 9.86 Å². The molecule has 4 heteroatoms. The highest BCUT2D eigenvalue weighted by Gasteiger charge is 2.42. The van der Waals surface area contributed by atoms with Crippen LogP contribution in [0.15, 0.2) is 267 Å². The van der Waals surface area contributed by atoms with E-state index in [0.29, 0.717) is 0 Å². The third-order valence-electron chi connectivity index (χ3n) is 14.7. The summed E-state index contributed by atoms with van der Waals surface area (Å²) in [6.45, 7) is 0. The largest absolute Gasteiger partial charge is 0.309 e. The molecule has 328 valence electrons. The van der Waals surface area contributed by atoms with Gasteiger partial charge in [-0.25, -0.2) is 0 Å². The maximum atomic E-state index is 2.53. The lowest BCUT2D eigenvalue weighted by atomic mass is 10.0. The highest BCUT2D eigenvalue weighted by atomic mass is 32.1. The molecule has 0 N–H and O–H groups in total. The number of aromatic nitrogens is 2. The van der Waals surface area contributed by atoms with Crippen LogP contribution < -0.4 is 20.7 Å². The predicted molar refractivity (Wildman–Crippen MR) is 302 cm³/mol. The molecule has 0 amide bonds. The van der Waals surface area contributed by atoms with Gasteiger partial charge >= 0.3 is 0 Å². The highest BCUT2D eigenvalue weighted by molar-refractivity contribution is 7.26. The van der Waals surface area contributed by atoms with Gasteiger partial charge in [-0.3, -0.25) is 0 Å². The fourth-order valence-electron chi connectivity index (χ4n) is 11.6. The number of benzene rings is 11. The Labute approximate surface area is 411 Å². The third kappa shape index (κ3) is 6.24. The van der Waals surface area contributed by atoms with Crippen molar-refractivity contribution in [1.82, 2.24) is 9.13 Å². The number of rotatable bonds is 8. The van der Waals surface area contributed by atoms with E-state index < -0.39 is 8.07 Å². The fraction of sp³-hybridized carbons (Fsp3) is 0. The third-order valence-corrected chi connectivity index (χ3v) is 20.6. The standard InChI is InChI=1S/C66H44N2SSi/c1-3-18-45(19-4-1)46-34-37-50(38-35-46)70(49-21-5-2-6-22-49,52-39-41-66-59(44-52)57-28-11-16-33-65(57)69-66)51-23-17-20-47(42-51)53-24-7-12-29-60(53)68-63-32-15-10-27-56(63)58-43-48(36-40-64(58)68)67-61-30-13-8-25-54(61)55-26-9-14-31-62(55)67/h1-44H. The van der Waals surface area contributed by atoms with Crippen molar-refractivity contribution in [1.29, 1.82) is 0 Å². The normalized spacial score (nSPS) is 12.7. The van der Waals surface area contributed by atoms with Crippen LogP contribution in [-0.4, -0.2) is 17.2 Å². The van der Waals surface area contributed by atoms with Gasteiger partial charge in [0.1, 0.15) is 0 Å². The fourth-order valence-corrected chi connectivity index (χ4v) is 17.4. The SMILES string of the molecule is c1ccc(-c2ccc([Si](c3ccccc3)(c3cccc(-c4ccccc4-n4c5ccccc5c5cc(-n6c7ccccc7c7ccccc76)ccc54)c3)c3ccc4sc5ccccc5c4c3)cc2)cc1. The van der Waals surface area contributed by atoms with Crippen molar-refractivity contribution >= 4 is 104 Å². The summed E-state index contributed by atoms with van der Waals surface area (Å²) in [4.78, 5) is 0. The Hall–Kier alpha value is -8.54. The lowest BCUT2D eigenvalue weighted by Gasteiger charge is -2.35. The number of thiophene rings is 1. The summed E-state index contributed by atoms with van der Waals surface area (Å²) in [5.74, 6) is 0. The van der Waals surface area contributed by atoms with Gasteiger partial charge in [0.15, 0.2) is 8.07 Å². The number of hydrogen-bond acceptors (Lipinski definition) is 1. The first-order valence-corrected chi connectivity index (χ1v) is 26.9. The second-order valence-electron chi connectivity index (χ2n) is 18.4. The Morgan fingerprint density at radius 1 is 0.271 bits per heavy atom. The van der Waals surface area contributed by atoms with Crippen LogP contribution in [0.4, 0.5) is 0 Å². The van der Waals surface area contributed by atoms with Crippen LogP contribution in [-0.2, 0) is 0 Å². The van der Waals surface area contributed by atoms with Gasteiger partial charge in [-0.15, -0.1) is 11.3 Å². The van der Waals surface area contributed by atoms with Gasteiger partial charge in [-0.1, -0.05) is 212 Å². The van der Waals surface area contributed by atoms with Crippen molar-refractivity contribution in [3.05, 3.63) is 267 Å². The van der Waals surface area contributed by atoms with Crippen molar-refractivity contribution in [2.45, 2.75) is 0 Å². The van der Waals surface area contributed by atoms with E-state index in [4.69, 9.17) is 0 Å². The minimum Gasteiger partial charge on any atom is -0.309 e. The minimum absolute atomic E-state index is 1.15. The van der Waals surface area contributed by atoms with Crippen LogP contribution in [0.2, 0.25) is 0 Å². The Balaban J connectivity index is 0.988. The van der Waals surface area contributed by atoms with Gasteiger partial charge in [-0.05, 0) is 92.0 Å². The van der Waals surface area contributed by atoms with Crippen LogP contribution in [0.5, 0.6) is 0 Å².